The van der Waals surface area contributed by atoms with Crippen LogP contribution in [0.4, 0.5) is 32.8 Å². The number of cyclic esters (lactones) is 1. The lowest BCUT2D eigenvalue weighted by Crippen LogP contribution is -2.47. The van der Waals surface area contributed by atoms with Crippen molar-refractivity contribution in [2.24, 2.45) is 0 Å². The number of nitrogens with one attached hydrogen (secondary N) is 2. The number of imide groups is 1. The Morgan fingerprint density at radius 3 is 2.35 bits per heavy atom. The van der Waals surface area contributed by atoms with Crippen LogP contribution in [0.25, 0.3) is 0 Å². The molecule has 2 saturated heterocycles. The van der Waals surface area contributed by atoms with Gasteiger partial charge in [0.1, 0.15) is 24.3 Å². The van der Waals surface area contributed by atoms with E-state index in [-0.39, 0.29) is 24.8 Å². The fourth-order valence-corrected chi connectivity index (χ4v) is 4.21. The summed E-state index contributed by atoms with van der Waals surface area (Å²) in [4.78, 5) is 27.3. The van der Waals surface area contributed by atoms with Gasteiger partial charge in [-0.05, 0) is 42.7 Å². The number of carbonyl (C=O) groups is 2. The molecule has 0 aromatic heterocycles. The first-order chi connectivity index (χ1) is 16.3. The van der Waals surface area contributed by atoms with Gasteiger partial charge in [0.15, 0.2) is 11.6 Å². The molecule has 2 aliphatic rings. The molecule has 2 heterocycles. The summed E-state index contributed by atoms with van der Waals surface area (Å²) < 4.78 is 58.6. The molecular formula is C23H24F4N4O3. The molecule has 3 amide bonds. The molecule has 182 valence electrons. The Balaban J connectivity index is 1.22. The van der Waals surface area contributed by atoms with Crippen LogP contribution in [-0.4, -0.2) is 55.9 Å². The van der Waals surface area contributed by atoms with Gasteiger partial charge in [0.05, 0.1) is 0 Å². The van der Waals surface area contributed by atoms with Crippen molar-refractivity contribution in [2.75, 3.05) is 37.7 Å². The van der Waals surface area contributed by atoms with Crippen molar-refractivity contribution in [3.8, 4) is 0 Å². The Labute approximate surface area is 193 Å². The van der Waals surface area contributed by atoms with Gasteiger partial charge >= 0.3 is 12.1 Å². The monoisotopic (exact) mass is 480 g/mol. The van der Waals surface area contributed by atoms with E-state index in [2.05, 4.69) is 10.6 Å². The Morgan fingerprint density at radius 1 is 0.971 bits per heavy atom. The molecule has 2 aromatic carbocycles. The number of hydrogen-bond acceptors (Lipinski definition) is 5. The van der Waals surface area contributed by atoms with E-state index >= 15 is 0 Å². The van der Waals surface area contributed by atoms with Crippen LogP contribution in [-0.2, 0) is 4.74 Å². The van der Waals surface area contributed by atoms with Crippen molar-refractivity contribution in [3.05, 3.63) is 65.2 Å². The molecule has 2 aromatic rings. The lowest BCUT2D eigenvalue weighted by Gasteiger charge is -2.34. The molecule has 11 heteroatoms. The van der Waals surface area contributed by atoms with Gasteiger partial charge in [-0.2, -0.15) is 0 Å². The van der Waals surface area contributed by atoms with Crippen molar-refractivity contribution < 1.29 is 31.9 Å². The Morgan fingerprint density at radius 2 is 1.68 bits per heavy atom. The Kier molecular flexibility index (Phi) is 7.20. The lowest BCUT2D eigenvalue weighted by molar-refractivity contribution is 0.158. The van der Waals surface area contributed by atoms with Gasteiger partial charge in [-0.3, -0.25) is 0 Å². The molecule has 0 radical (unpaired) electrons. The van der Waals surface area contributed by atoms with Crippen LogP contribution in [0.15, 0.2) is 36.4 Å². The molecule has 0 spiro atoms. The van der Waals surface area contributed by atoms with Gasteiger partial charge in [0.2, 0.25) is 0 Å². The first-order valence-corrected chi connectivity index (χ1v) is 10.9. The van der Waals surface area contributed by atoms with Gasteiger partial charge in [-0.15, -0.1) is 0 Å². The van der Waals surface area contributed by atoms with Crippen molar-refractivity contribution in [1.29, 1.82) is 0 Å². The summed E-state index contributed by atoms with van der Waals surface area (Å²) in [5, 5.41) is 5.94. The molecule has 2 fully saturated rings. The van der Waals surface area contributed by atoms with Gasteiger partial charge < -0.3 is 20.3 Å². The predicted octanol–water partition coefficient (Wildman–Crippen LogP) is 3.70. The minimum absolute atomic E-state index is 0.149. The van der Waals surface area contributed by atoms with Crippen LogP contribution in [0.1, 0.15) is 24.4 Å². The molecule has 1 atom stereocenters. The van der Waals surface area contributed by atoms with E-state index in [1.807, 2.05) is 4.90 Å². The van der Waals surface area contributed by atoms with Gasteiger partial charge in [-0.25, -0.2) is 32.1 Å². The van der Waals surface area contributed by atoms with Crippen LogP contribution < -0.4 is 15.5 Å². The number of benzene rings is 2. The van der Waals surface area contributed by atoms with Crippen LogP contribution in [0.2, 0.25) is 0 Å². The standard InChI is InChI=1S/C23H24F4N4O3/c24-15-10-16(25)12-18(11-15)30-7-3-17(4-8-30)28-5-6-29-22(32)31-21(13-34-23(31)33)14-1-2-19(26)20(27)9-14/h1-2,9-12,17,21,28H,3-8,13H2,(H,29,32). The predicted molar refractivity (Wildman–Crippen MR) is 115 cm³/mol. The van der Waals surface area contributed by atoms with E-state index in [9.17, 15) is 27.2 Å². The summed E-state index contributed by atoms with van der Waals surface area (Å²) in [7, 11) is 0. The summed E-state index contributed by atoms with van der Waals surface area (Å²) in [5.41, 5.74) is 0.763. The number of anilines is 1. The normalized spacial score (nSPS) is 18.8. The number of nitrogens with zero attached hydrogens (tertiary/aromatic N) is 2. The molecular weight excluding hydrogens is 456 g/mol. The molecule has 0 bridgehead atoms. The van der Waals surface area contributed by atoms with Crippen molar-refractivity contribution in [1.82, 2.24) is 15.5 Å². The van der Waals surface area contributed by atoms with Crippen molar-refractivity contribution in [2.45, 2.75) is 24.9 Å². The Hall–Kier alpha value is -3.34. The van der Waals surface area contributed by atoms with Gasteiger partial charge in [0.25, 0.3) is 0 Å². The average Bonchev–Trinajstić information content (AvgIpc) is 3.19. The zero-order valence-corrected chi connectivity index (χ0v) is 18.2. The number of ether oxygens (including phenoxy) is 1. The molecule has 2 aliphatic heterocycles. The minimum atomic E-state index is -1.07. The number of halogens is 4. The zero-order chi connectivity index (χ0) is 24.2. The Bertz CT molecular complexity index is 1040. The number of carbonyl (C=O) groups excluding carboxylic acids is 2. The molecule has 34 heavy (non-hydrogen) atoms. The van der Waals surface area contributed by atoms with Crippen LogP contribution in [0, 0.1) is 23.3 Å². The number of piperidine rings is 1. The molecule has 2 N–H and O–H groups in total. The molecule has 7 nitrogen and oxygen atoms in total. The topological polar surface area (TPSA) is 73.9 Å². The summed E-state index contributed by atoms with van der Waals surface area (Å²) >= 11 is 0. The molecule has 4 rings (SSSR count). The van der Waals surface area contributed by atoms with Crippen LogP contribution >= 0.6 is 0 Å². The first kappa shape index (κ1) is 23.8. The minimum Gasteiger partial charge on any atom is -0.446 e. The third kappa shape index (κ3) is 5.41. The lowest BCUT2D eigenvalue weighted by atomic mass is 10.0. The van der Waals surface area contributed by atoms with Crippen LogP contribution in [0.5, 0.6) is 0 Å². The van der Waals surface area contributed by atoms with Gasteiger partial charge in [0, 0.05) is 44.0 Å². The number of rotatable bonds is 6. The fraction of sp³-hybridized carbons (Fsp3) is 0.391. The molecule has 0 aliphatic carbocycles. The summed E-state index contributed by atoms with van der Waals surface area (Å²) in [5.74, 6) is -3.32. The highest BCUT2D eigenvalue weighted by molar-refractivity contribution is 5.92. The van der Waals surface area contributed by atoms with E-state index in [1.165, 1.54) is 18.2 Å². The summed E-state index contributed by atoms with van der Waals surface area (Å²) in [6.45, 7) is 1.76. The van der Waals surface area contributed by atoms with E-state index in [1.54, 1.807) is 0 Å². The summed E-state index contributed by atoms with van der Waals surface area (Å²) in [6.07, 6.45) is 0.646. The first-order valence-electron chi connectivity index (χ1n) is 10.9. The number of amides is 3. The maximum Gasteiger partial charge on any atom is 0.418 e. The van der Waals surface area contributed by atoms with Crippen molar-refractivity contribution >= 4 is 17.8 Å². The number of urea groups is 1. The van der Waals surface area contributed by atoms with E-state index in [4.69, 9.17) is 4.74 Å². The second-order valence-electron chi connectivity index (χ2n) is 8.21. The molecule has 0 saturated carbocycles. The highest BCUT2D eigenvalue weighted by Crippen LogP contribution is 2.28. The maximum absolute atomic E-state index is 13.6. The highest BCUT2D eigenvalue weighted by Gasteiger charge is 2.39. The number of hydrogen-bond donors (Lipinski definition) is 2. The van der Waals surface area contributed by atoms with E-state index in [0.29, 0.717) is 25.3 Å². The third-order valence-electron chi connectivity index (χ3n) is 5.96. The smallest absolute Gasteiger partial charge is 0.418 e. The zero-order valence-electron chi connectivity index (χ0n) is 18.2. The largest absolute Gasteiger partial charge is 0.446 e. The maximum atomic E-state index is 13.6. The average molecular weight is 480 g/mol. The SMILES string of the molecule is O=C(NCCNC1CCN(c2cc(F)cc(F)c2)CC1)N1C(=O)OCC1c1ccc(F)c(F)c1. The fourth-order valence-electron chi connectivity index (χ4n) is 4.21. The van der Waals surface area contributed by atoms with Gasteiger partial charge in [-0.1, -0.05) is 6.07 Å². The second kappa shape index (κ2) is 10.3. The van der Waals surface area contributed by atoms with Crippen LogP contribution in [0.3, 0.4) is 0 Å². The van der Waals surface area contributed by atoms with E-state index < -0.39 is 41.4 Å². The quantitative estimate of drug-likeness (QED) is 0.487. The molecule has 1 unspecified atom stereocenters. The third-order valence-corrected chi connectivity index (χ3v) is 5.96. The summed E-state index contributed by atoms with van der Waals surface area (Å²) in [6, 6.07) is 5.25. The highest BCUT2D eigenvalue weighted by atomic mass is 19.2. The van der Waals surface area contributed by atoms with E-state index in [0.717, 1.165) is 35.9 Å². The second-order valence-corrected chi connectivity index (χ2v) is 8.21. The van der Waals surface area contributed by atoms with Crippen molar-refractivity contribution in [3.63, 3.8) is 0 Å².